The number of benzene rings is 1. The van der Waals surface area contributed by atoms with Crippen LogP contribution in [0.25, 0.3) is 0 Å². The number of para-hydroxylation sites is 1. The summed E-state index contributed by atoms with van der Waals surface area (Å²) in [6.07, 6.45) is 1.03. The largest absolute Gasteiger partial charge is 0.356 e. The predicted molar refractivity (Wildman–Crippen MR) is 83.5 cm³/mol. The number of anilines is 1. The van der Waals surface area contributed by atoms with E-state index in [1.807, 2.05) is 41.8 Å². The first kappa shape index (κ1) is 13.8. The molecule has 2 amide bonds. The first-order valence-electron chi connectivity index (χ1n) is 6.93. The molecular weight excluding hydrogens is 284 g/mol. The highest BCUT2D eigenvalue weighted by Gasteiger charge is 2.29. The van der Waals surface area contributed by atoms with E-state index in [1.165, 1.54) is 0 Å². The number of fused-ring (bicyclic) bond motifs is 1. The summed E-state index contributed by atoms with van der Waals surface area (Å²) in [5.74, 6) is -0.143. The average molecular weight is 300 g/mol. The first-order chi connectivity index (χ1) is 10.2. The molecule has 108 valence electrons. The molecular formula is C16H16N2O2S. The van der Waals surface area contributed by atoms with Crippen molar-refractivity contribution in [3.05, 3.63) is 52.2 Å². The molecule has 3 rings (SSSR count). The molecule has 1 aliphatic rings. The summed E-state index contributed by atoms with van der Waals surface area (Å²) < 4.78 is 0. The van der Waals surface area contributed by atoms with Gasteiger partial charge in [-0.3, -0.25) is 9.59 Å². The van der Waals surface area contributed by atoms with Gasteiger partial charge < -0.3 is 10.6 Å². The number of carbonyl (C=O) groups is 2. The minimum Gasteiger partial charge on any atom is -0.356 e. The van der Waals surface area contributed by atoms with Gasteiger partial charge in [-0.2, -0.15) is 0 Å². The van der Waals surface area contributed by atoms with Crippen LogP contribution >= 0.6 is 11.3 Å². The van der Waals surface area contributed by atoms with E-state index >= 15 is 0 Å². The van der Waals surface area contributed by atoms with Crippen LogP contribution in [0.3, 0.4) is 0 Å². The highest BCUT2D eigenvalue weighted by molar-refractivity contribution is 7.10. The summed E-state index contributed by atoms with van der Waals surface area (Å²) >= 11 is 1.58. The Labute approximate surface area is 127 Å². The molecule has 1 atom stereocenters. The third-order valence-electron chi connectivity index (χ3n) is 3.58. The Morgan fingerprint density at radius 2 is 2.10 bits per heavy atom. The maximum absolute atomic E-state index is 11.9. The highest BCUT2D eigenvalue weighted by Crippen LogP contribution is 2.33. The minimum absolute atomic E-state index is 0.00383. The van der Waals surface area contributed by atoms with E-state index in [2.05, 4.69) is 10.6 Å². The minimum atomic E-state index is -0.164. The number of nitrogens with one attached hydrogen (secondary N) is 2. The van der Waals surface area contributed by atoms with Crippen LogP contribution in [0.4, 0.5) is 5.69 Å². The number of hydrogen-bond acceptors (Lipinski definition) is 3. The lowest BCUT2D eigenvalue weighted by Crippen LogP contribution is -2.28. The summed E-state index contributed by atoms with van der Waals surface area (Å²) in [5, 5.41) is 7.72. The fourth-order valence-corrected chi connectivity index (χ4v) is 3.26. The second-order valence-corrected chi connectivity index (χ2v) is 6.06. The van der Waals surface area contributed by atoms with Crippen LogP contribution in [0, 0.1) is 0 Å². The van der Waals surface area contributed by atoms with E-state index in [0.717, 1.165) is 16.1 Å². The van der Waals surface area contributed by atoms with Crippen LogP contribution in [-0.4, -0.2) is 18.4 Å². The van der Waals surface area contributed by atoms with Crippen molar-refractivity contribution in [2.75, 3.05) is 11.9 Å². The van der Waals surface area contributed by atoms with Gasteiger partial charge in [0.1, 0.15) is 0 Å². The van der Waals surface area contributed by atoms with Crippen LogP contribution < -0.4 is 10.6 Å². The van der Waals surface area contributed by atoms with Crippen molar-refractivity contribution in [3.63, 3.8) is 0 Å². The van der Waals surface area contributed by atoms with E-state index in [1.54, 1.807) is 11.3 Å². The first-order valence-corrected chi connectivity index (χ1v) is 7.81. The number of thiophene rings is 1. The molecule has 0 saturated carbocycles. The Bertz CT molecular complexity index is 652. The van der Waals surface area contributed by atoms with Gasteiger partial charge in [-0.15, -0.1) is 11.3 Å². The Balaban J connectivity index is 1.52. The number of rotatable bonds is 5. The van der Waals surface area contributed by atoms with E-state index in [0.29, 0.717) is 19.4 Å². The smallest absolute Gasteiger partial charge is 0.232 e. The van der Waals surface area contributed by atoms with Crippen molar-refractivity contribution in [1.82, 2.24) is 5.32 Å². The third-order valence-corrected chi connectivity index (χ3v) is 4.46. The fourth-order valence-electron chi connectivity index (χ4n) is 2.55. The summed E-state index contributed by atoms with van der Waals surface area (Å²) in [7, 11) is 0. The molecule has 2 heterocycles. The Morgan fingerprint density at radius 1 is 1.24 bits per heavy atom. The number of carbonyl (C=O) groups excluding carboxylic acids is 2. The summed E-state index contributed by atoms with van der Waals surface area (Å²) in [6, 6.07) is 11.6. The van der Waals surface area contributed by atoms with Crippen LogP contribution in [-0.2, 0) is 16.0 Å². The highest BCUT2D eigenvalue weighted by atomic mass is 32.1. The lowest BCUT2D eigenvalue weighted by Gasteiger charge is -2.09. The average Bonchev–Trinajstić information content (AvgIpc) is 3.07. The summed E-state index contributed by atoms with van der Waals surface area (Å²) in [4.78, 5) is 24.8. The Morgan fingerprint density at radius 3 is 2.90 bits per heavy atom. The number of amides is 2. The molecule has 0 bridgehead atoms. The van der Waals surface area contributed by atoms with E-state index in [4.69, 9.17) is 0 Å². The van der Waals surface area contributed by atoms with Gasteiger partial charge in [-0.05, 0) is 29.5 Å². The Kier molecular flexibility index (Phi) is 4.01. The normalized spacial score (nSPS) is 16.4. The monoisotopic (exact) mass is 300 g/mol. The Hall–Kier alpha value is -2.14. The van der Waals surface area contributed by atoms with Gasteiger partial charge in [0.25, 0.3) is 0 Å². The van der Waals surface area contributed by atoms with Crippen LogP contribution in [0.1, 0.15) is 22.8 Å². The molecule has 0 aliphatic carbocycles. The summed E-state index contributed by atoms with van der Waals surface area (Å²) in [5.41, 5.74) is 1.91. The summed E-state index contributed by atoms with van der Waals surface area (Å²) in [6.45, 7) is 0.511. The second kappa shape index (κ2) is 6.10. The molecule has 21 heavy (non-hydrogen) atoms. The zero-order valence-electron chi connectivity index (χ0n) is 11.5. The van der Waals surface area contributed by atoms with Gasteiger partial charge in [-0.1, -0.05) is 24.3 Å². The number of hydrogen-bond donors (Lipinski definition) is 2. The van der Waals surface area contributed by atoms with E-state index in [-0.39, 0.29) is 17.7 Å². The molecule has 0 fully saturated rings. The quantitative estimate of drug-likeness (QED) is 0.891. The van der Waals surface area contributed by atoms with Crippen LogP contribution in [0.2, 0.25) is 0 Å². The maximum atomic E-state index is 11.9. The van der Waals surface area contributed by atoms with Crippen molar-refractivity contribution in [1.29, 1.82) is 0 Å². The molecule has 1 unspecified atom stereocenters. The second-order valence-electron chi connectivity index (χ2n) is 5.02. The van der Waals surface area contributed by atoms with E-state index in [9.17, 15) is 9.59 Å². The molecule has 5 heteroatoms. The molecule has 1 aromatic heterocycles. The zero-order valence-corrected chi connectivity index (χ0v) is 12.3. The third kappa shape index (κ3) is 3.13. The molecule has 2 N–H and O–H groups in total. The van der Waals surface area contributed by atoms with Crippen molar-refractivity contribution in [2.45, 2.75) is 18.8 Å². The molecule has 1 aliphatic heterocycles. The molecule has 0 radical (unpaired) electrons. The molecule has 0 spiro atoms. The molecule has 4 nitrogen and oxygen atoms in total. The van der Waals surface area contributed by atoms with Gasteiger partial charge in [0.2, 0.25) is 11.8 Å². The van der Waals surface area contributed by atoms with Crippen LogP contribution in [0.5, 0.6) is 0 Å². The van der Waals surface area contributed by atoms with Crippen LogP contribution in [0.15, 0.2) is 41.8 Å². The standard InChI is InChI=1S/C16H16N2O2S/c19-15(10-11-4-3-9-21-11)17-8-7-13-12-5-1-2-6-14(12)18-16(13)20/h1-6,9,13H,7-8,10H2,(H,17,19)(H,18,20). The van der Waals surface area contributed by atoms with Crippen molar-refractivity contribution >= 4 is 28.8 Å². The fraction of sp³-hybridized carbons (Fsp3) is 0.250. The molecule has 1 aromatic carbocycles. The van der Waals surface area contributed by atoms with Gasteiger partial charge in [0, 0.05) is 17.1 Å². The zero-order chi connectivity index (χ0) is 14.7. The van der Waals surface area contributed by atoms with Crippen molar-refractivity contribution in [2.24, 2.45) is 0 Å². The molecule has 0 saturated heterocycles. The molecule has 2 aromatic rings. The lowest BCUT2D eigenvalue weighted by molar-refractivity contribution is -0.121. The van der Waals surface area contributed by atoms with Gasteiger partial charge in [-0.25, -0.2) is 0 Å². The lowest BCUT2D eigenvalue weighted by atomic mass is 9.97. The maximum Gasteiger partial charge on any atom is 0.232 e. The van der Waals surface area contributed by atoms with E-state index < -0.39 is 0 Å². The van der Waals surface area contributed by atoms with Gasteiger partial charge in [0.05, 0.1) is 12.3 Å². The topological polar surface area (TPSA) is 58.2 Å². The van der Waals surface area contributed by atoms with Gasteiger partial charge in [0.15, 0.2) is 0 Å². The predicted octanol–water partition coefficient (Wildman–Crippen LogP) is 2.53. The van der Waals surface area contributed by atoms with Gasteiger partial charge >= 0.3 is 0 Å². The van der Waals surface area contributed by atoms with Crippen molar-refractivity contribution < 1.29 is 9.59 Å². The van der Waals surface area contributed by atoms with Crippen molar-refractivity contribution in [3.8, 4) is 0 Å². The SMILES string of the molecule is O=C(Cc1cccs1)NCCC1C(=O)Nc2ccccc21.